The number of hydrogen-bond acceptors (Lipinski definition) is 5. The Balaban J connectivity index is 1.08. The summed E-state index contributed by atoms with van der Waals surface area (Å²) in [7, 11) is 0. The molecular formula is C51H34N4OS. The van der Waals surface area contributed by atoms with Gasteiger partial charge in [-0.05, 0) is 53.1 Å². The molecule has 3 aromatic heterocycles. The lowest BCUT2D eigenvalue weighted by Crippen LogP contribution is -2.45. The zero-order chi connectivity index (χ0) is 37.5. The molecule has 8 aromatic carbocycles. The van der Waals surface area contributed by atoms with E-state index in [1.165, 1.54) is 47.7 Å². The summed E-state index contributed by atoms with van der Waals surface area (Å²) in [6.07, 6.45) is -0.369. The van der Waals surface area contributed by atoms with Crippen molar-refractivity contribution < 1.29 is 4.42 Å². The molecule has 57 heavy (non-hydrogen) atoms. The molecule has 0 fully saturated rings. The highest BCUT2D eigenvalue weighted by atomic mass is 32.1. The van der Waals surface area contributed by atoms with Crippen molar-refractivity contribution in [3.63, 3.8) is 0 Å². The molecule has 6 heteroatoms. The third kappa shape index (κ3) is 5.01. The number of aromatic nitrogens is 1. The second-order valence-corrected chi connectivity index (χ2v) is 15.8. The lowest BCUT2D eigenvalue weighted by atomic mass is 9.96. The summed E-state index contributed by atoms with van der Waals surface area (Å²) in [4.78, 5) is 5.31. The predicted molar refractivity (Wildman–Crippen MR) is 238 cm³/mol. The van der Waals surface area contributed by atoms with Crippen LogP contribution in [-0.2, 0) is 0 Å². The van der Waals surface area contributed by atoms with E-state index >= 15 is 0 Å². The Hall–Kier alpha value is -6.99. The maximum absolute atomic E-state index is 6.95. The molecule has 4 heterocycles. The molecule has 0 bridgehead atoms. The Morgan fingerprint density at radius 1 is 0.491 bits per heavy atom. The summed E-state index contributed by atoms with van der Waals surface area (Å²) in [5.74, 6) is 0.830. The number of nitrogens with zero attached hydrogens (tertiary/aromatic N) is 2. The van der Waals surface area contributed by atoms with Gasteiger partial charge in [-0.2, -0.15) is 0 Å². The van der Waals surface area contributed by atoms with E-state index < -0.39 is 0 Å². The highest BCUT2D eigenvalue weighted by molar-refractivity contribution is 7.26. The zero-order valence-electron chi connectivity index (χ0n) is 30.7. The van der Waals surface area contributed by atoms with Crippen molar-refractivity contribution in [2.24, 2.45) is 4.99 Å². The summed E-state index contributed by atoms with van der Waals surface area (Å²) in [6, 6.07) is 64.8. The molecule has 0 radical (unpaired) electrons. The minimum atomic E-state index is -0.232. The topological polar surface area (TPSA) is 54.5 Å². The number of fused-ring (bicyclic) bond motifs is 9. The normalized spacial score (nSPS) is 15.9. The second-order valence-electron chi connectivity index (χ2n) is 14.7. The van der Waals surface area contributed by atoms with Gasteiger partial charge in [-0.25, -0.2) is 4.99 Å². The van der Waals surface area contributed by atoms with Crippen molar-refractivity contribution >= 4 is 81.1 Å². The first-order valence-electron chi connectivity index (χ1n) is 19.4. The van der Waals surface area contributed by atoms with Crippen LogP contribution < -0.4 is 10.6 Å². The summed E-state index contributed by atoms with van der Waals surface area (Å²) < 4.78 is 11.9. The second kappa shape index (κ2) is 12.8. The van der Waals surface area contributed by atoms with E-state index in [1.807, 2.05) is 17.4 Å². The molecule has 0 saturated carbocycles. The lowest BCUT2D eigenvalue weighted by Gasteiger charge is -2.32. The fourth-order valence-electron chi connectivity index (χ4n) is 9.02. The van der Waals surface area contributed by atoms with Gasteiger partial charge in [0.1, 0.15) is 29.3 Å². The molecule has 0 aliphatic carbocycles. The van der Waals surface area contributed by atoms with Gasteiger partial charge in [-0.15, -0.1) is 11.3 Å². The van der Waals surface area contributed by atoms with Gasteiger partial charge in [-0.3, -0.25) is 5.32 Å². The summed E-state index contributed by atoms with van der Waals surface area (Å²) in [5, 5.41) is 14.6. The molecule has 0 saturated heterocycles. The summed E-state index contributed by atoms with van der Waals surface area (Å²) in [5.41, 5.74) is 10.8. The zero-order valence-corrected chi connectivity index (χ0v) is 31.5. The van der Waals surface area contributed by atoms with Gasteiger partial charge in [0.25, 0.3) is 0 Å². The van der Waals surface area contributed by atoms with Gasteiger partial charge in [0.2, 0.25) is 0 Å². The number of hydrogen-bond donors (Lipinski definition) is 2. The van der Waals surface area contributed by atoms with Gasteiger partial charge in [0.15, 0.2) is 0 Å². The van der Waals surface area contributed by atoms with Crippen molar-refractivity contribution in [1.29, 1.82) is 0 Å². The fourth-order valence-corrected chi connectivity index (χ4v) is 10.2. The summed E-state index contributed by atoms with van der Waals surface area (Å²) in [6.45, 7) is 0. The first-order valence-corrected chi connectivity index (χ1v) is 20.2. The van der Waals surface area contributed by atoms with E-state index in [0.717, 1.165) is 55.6 Å². The third-order valence-corrected chi connectivity index (χ3v) is 12.6. The smallest absolute Gasteiger partial charge is 0.143 e. The van der Waals surface area contributed by atoms with E-state index in [-0.39, 0.29) is 12.3 Å². The molecule has 0 spiro atoms. The Labute approximate surface area is 332 Å². The molecule has 2 N–H and O–H groups in total. The van der Waals surface area contributed by atoms with Crippen LogP contribution in [0, 0.1) is 0 Å². The van der Waals surface area contributed by atoms with Crippen molar-refractivity contribution in [2.45, 2.75) is 12.3 Å². The average molecular weight is 751 g/mol. The predicted octanol–water partition coefficient (Wildman–Crippen LogP) is 13.1. The van der Waals surface area contributed by atoms with Crippen LogP contribution in [0.4, 0.5) is 0 Å². The molecule has 1 aliphatic heterocycles. The lowest BCUT2D eigenvalue weighted by molar-refractivity contribution is 0.409. The van der Waals surface area contributed by atoms with Crippen LogP contribution in [0.15, 0.2) is 191 Å². The molecule has 270 valence electrons. The molecule has 2 atom stereocenters. The highest BCUT2D eigenvalue weighted by Crippen LogP contribution is 2.47. The number of aliphatic imine (C=N–C) groups is 1. The van der Waals surface area contributed by atoms with Crippen LogP contribution in [0.5, 0.6) is 0 Å². The SMILES string of the molecule is c1ccc(C2N=C(c3cccc4oc5c(-c6cccc7sc8cccc(-n9c%10ccccc%10c%10ccccc%109)c8c67)cccc5c34)NC(c3ccccc3)N2)cc1. The van der Waals surface area contributed by atoms with E-state index in [9.17, 15) is 0 Å². The quantitative estimate of drug-likeness (QED) is 0.184. The Morgan fingerprint density at radius 3 is 1.86 bits per heavy atom. The number of amidine groups is 1. The average Bonchev–Trinajstić information content (AvgIpc) is 3.97. The van der Waals surface area contributed by atoms with Crippen LogP contribution in [0.1, 0.15) is 29.0 Å². The maximum atomic E-state index is 6.95. The number of benzene rings is 8. The molecule has 1 aliphatic rings. The van der Waals surface area contributed by atoms with Crippen LogP contribution in [0.25, 0.3) is 80.7 Å². The van der Waals surface area contributed by atoms with Crippen molar-refractivity contribution in [3.05, 3.63) is 199 Å². The molecular weight excluding hydrogens is 717 g/mol. The number of rotatable bonds is 5. The van der Waals surface area contributed by atoms with Gasteiger partial charge >= 0.3 is 0 Å². The largest absolute Gasteiger partial charge is 0.455 e. The monoisotopic (exact) mass is 750 g/mol. The van der Waals surface area contributed by atoms with Gasteiger partial charge in [-0.1, -0.05) is 146 Å². The first kappa shape index (κ1) is 32.3. The van der Waals surface area contributed by atoms with Crippen molar-refractivity contribution in [2.75, 3.05) is 0 Å². The van der Waals surface area contributed by atoms with Crippen molar-refractivity contribution in [3.8, 4) is 16.8 Å². The Kier molecular flexibility index (Phi) is 7.24. The minimum absolute atomic E-state index is 0.138. The van der Waals surface area contributed by atoms with Crippen LogP contribution in [-0.4, -0.2) is 10.4 Å². The third-order valence-electron chi connectivity index (χ3n) is 11.5. The standard InChI is InChI=1S/C51H34N4OS/c1-3-15-31(16-4-1)49-52-50(32-17-5-2-6-18-32)54-51(53-49)38-24-12-28-42-45(38)37-23-11-22-36(48(37)56-42)35-21-13-29-43-46(35)47-41(27-14-30-44(47)57-43)55-39-25-9-7-19-33(39)34-20-8-10-26-40(34)55/h1-30,49-50,52H,(H,53,54). The number of para-hydroxylation sites is 3. The minimum Gasteiger partial charge on any atom is -0.455 e. The van der Waals surface area contributed by atoms with E-state index in [2.05, 4.69) is 191 Å². The van der Waals surface area contributed by atoms with Gasteiger partial charge < -0.3 is 14.3 Å². The van der Waals surface area contributed by atoms with Gasteiger partial charge in [0.05, 0.1) is 16.7 Å². The van der Waals surface area contributed by atoms with Crippen LogP contribution in [0.3, 0.4) is 0 Å². The van der Waals surface area contributed by atoms with E-state index in [4.69, 9.17) is 9.41 Å². The Bertz CT molecular complexity index is 3320. The maximum Gasteiger partial charge on any atom is 0.143 e. The van der Waals surface area contributed by atoms with Crippen molar-refractivity contribution in [1.82, 2.24) is 15.2 Å². The molecule has 5 nitrogen and oxygen atoms in total. The molecule has 0 amide bonds. The molecule has 2 unspecified atom stereocenters. The highest BCUT2D eigenvalue weighted by Gasteiger charge is 2.28. The van der Waals surface area contributed by atoms with Crippen LogP contribution in [0.2, 0.25) is 0 Å². The Morgan fingerprint density at radius 2 is 1.09 bits per heavy atom. The number of thiophene rings is 1. The van der Waals surface area contributed by atoms with E-state index in [0.29, 0.717) is 0 Å². The molecule has 11 aromatic rings. The first-order chi connectivity index (χ1) is 28.3. The number of nitrogens with one attached hydrogen (secondary N) is 2. The number of furan rings is 1. The van der Waals surface area contributed by atoms with E-state index in [1.54, 1.807) is 0 Å². The fraction of sp³-hybridized carbons (Fsp3) is 0.0392. The summed E-state index contributed by atoms with van der Waals surface area (Å²) >= 11 is 1.85. The van der Waals surface area contributed by atoms with Crippen LogP contribution >= 0.6 is 11.3 Å². The molecule has 12 rings (SSSR count). The van der Waals surface area contributed by atoms with Gasteiger partial charge in [0, 0.05) is 52.8 Å².